The van der Waals surface area contributed by atoms with Crippen LogP contribution in [-0.2, 0) is 4.79 Å². The molecule has 0 aliphatic carbocycles. The van der Waals surface area contributed by atoms with Crippen molar-refractivity contribution < 1.29 is 14.3 Å². The molecule has 2 aliphatic rings. The molecule has 160 valence electrons. The Hall–Kier alpha value is -3.26. The van der Waals surface area contributed by atoms with Crippen LogP contribution in [0.15, 0.2) is 54.6 Å². The minimum absolute atomic E-state index is 0.0672. The van der Waals surface area contributed by atoms with Gasteiger partial charge < -0.3 is 14.5 Å². The topological polar surface area (TPSA) is 49.9 Å². The zero-order valence-electron chi connectivity index (χ0n) is 18.0. The molecule has 1 spiro atoms. The van der Waals surface area contributed by atoms with E-state index < -0.39 is 0 Å². The van der Waals surface area contributed by atoms with Crippen LogP contribution in [0.25, 0.3) is 0 Å². The largest absolute Gasteiger partial charge is 0.494 e. The number of amides is 2. The van der Waals surface area contributed by atoms with Crippen molar-refractivity contribution in [3.05, 3.63) is 65.7 Å². The fourth-order valence-corrected chi connectivity index (χ4v) is 4.47. The zero-order valence-corrected chi connectivity index (χ0v) is 18.0. The highest BCUT2D eigenvalue weighted by molar-refractivity contribution is 5.95. The lowest BCUT2D eigenvalue weighted by Gasteiger charge is -2.39. The molecule has 5 heteroatoms. The van der Waals surface area contributed by atoms with Gasteiger partial charge in [-0.25, -0.2) is 0 Å². The molecule has 2 aromatic rings. The lowest BCUT2D eigenvalue weighted by molar-refractivity contribution is -0.124. The predicted molar refractivity (Wildman–Crippen MR) is 120 cm³/mol. The summed E-state index contributed by atoms with van der Waals surface area (Å²) in [6, 6.07) is 16.9. The molecule has 0 unspecified atom stereocenters. The van der Waals surface area contributed by atoms with Gasteiger partial charge in [0.2, 0.25) is 0 Å². The Morgan fingerprint density at radius 1 is 0.935 bits per heavy atom. The molecule has 4 rings (SSSR count). The van der Waals surface area contributed by atoms with E-state index in [1.165, 1.54) is 0 Å². The van der Waals surface area contributed by atoms with E-state index in [1.54, 1.807) is 0 Å². The van der Waals surface area contributed by atoms with E-state index in [0.29, 0.717) is 12.2 Å². The molecule has 0 radical (unpaired) electrons. The van der Waals surface area contributed by atoms with Crippen LogP contribution in [0.5, 0.6) is 5.75 Å². The van der Waals surface area contributed by atoms with Crippen LogP contribution >= 0.6 is 0 Å². The van der Waals surface area contributed by atoms with Crippen molar-refractivity contribution in [2.75, 3.05) is 32.8 Å². The average molecular weight is 417 g/mol. The van der Waals surface area contributed by atoms with Gasteiger partial charge >= 0.3 is 0 Å². The van der Waals surface area contributed by atoms with E-state index in [0.717, 1.165) is 56.8 Å². The molecular weight excluding hydrogens is 388 g/mol. The van der Waals surface area contributed by atoms with Crippen molar-refractivity contribution in [1.82, 2.24) is 9.80 Å². The maximum atomic E-state index is 12.9. The molecule has 2 fully saturated rings. The van der Waals surface area contributed by atoms with E-state index >= 15 is 0 Å². The maximum absolute atomic E-state index is 12.9. The SMILES string of the molecule is CCOc1ccc(C(=O)N2CCC3(CCN(C(=O)C#Cc4ccccc4)C3)CC2)cc1. The molecule has 0 bridgehead atoms. The zero-order chi connectivity index (χ0) is 21.7. The summed E-state index contributed by atoms with van der Waals surface area (Å²) in [7, 11) is 0. The normalized spacial score (nSPS) is 17.2. The first-order chi connectivity index (χ1) is 15.1. The number of nitrogens with zero attached hydrogens (tertiary/aromatic N) is 2. The first-order valence-electron chi connectivity index (χ1n) is 11.0. The Morgan fingerprint density at radius 3 is 2.23 bits per heavy atom. The molecular formula is C26H28N2O3. The number of hydrogen-bond donors (Lipinski definition) is 0. The summed E-state index contributed by atoms with van der Waals surface area (Å²) in [5, 5.41) is 0. The second-order valence-electron chi connectivity index (χ2n) is 8.34. The number of piperidine rings is 1. The van der Waals surface area contributed by atoms with Gasteiger partial charge in [0.05, 0.1) is 6.61 Å². The second kappa shape index (κ2) is 9.26. The van der Waals surface area contributed by atoms with Crippen LogP contribution < -0.4 is 4.74 Å². The maximum Gasteiger partial charge on any atom is 0.298 e. The van der Waals surface area contributed by atoms with Crippen LogP contribution in [0, 0.1) is 17.3 Å². The van der Waals surface area contributed by atoms with E-state index in [9.17, 15) is 9.59 Å². The van der Waals surface area contributed by atoms with Gasteiger partial charge in [0.1, 0.15) is 5.75 Å². The fourth-order valence-electron chi connectivity index (χ4n) is 4.47. The third-order valence-corrected chi connectivity index (χ3v) is 6.34. The van der Waals surface area contributed by atoms with Gasteiger partial charge in [-0.1, -0.05) is 24.1 Å². The van der Waals surface area contributed by atoms with Crippen LogP contribution in [0.3, 0.4) is 0 Å². The van der Waals surface area contributed by atoms with E-state index in [4.69, 9.17) is 4.74 Å². The highest BCUT2D eigenvalue weighted by Gasteiger charge is 2.42. The number of hydrogen-bond acceptors (Lipinski definition) is 3. The van der Waals surface area contributed by atoms with Crippen molar-refractivity contribution in [2.24, 2.45) is 5.41 Å². The predicted octanol–water partition coefficient (Wildman–Crippen LogP) is 3.59. The number of likely N-dealkylation sites (tertiary alicyclic amines) is 2. The summed E-state index contributed by atoms with van der Waals surface area (Å²) < 4.78 is 5.45. The van der Waals surface area contributed by atoms with Gasteiger partial charge in [-0.2, -0.15) is 0 Å². The van der Waals surface area contributed by atoms with Crippen molar-refractivity contribution >= 4 is 11.8 Å². The minimum Gasteiger partial charge on any atom is -0.494 e. The lowest BCUT2D eigenvalue weighted by Crippen LogP contribution is -2.44. The standard InChI is InChI=1S/C26H28N2O3/c1-2-31-23-11-9-22(10-12-23)25(30)27-17-14-26(15-18-27)16-19-28(20-26)24(29)13-8-21-6-4-3-5-7-21/h3-7,9-12H,2,14-20H2,1H3. The van der Waals surface area contributed by atoms with Crippen molar-refractivity contribution in [3.63, 3.8) is 0 Å². The van der Waals surface area contributed by atoms with Crippen molar-refractivity contribution in [2.45, 2.75) is 26.2 Å². The van der Waals surface area contributed by atoms with E-state index in [-0.39, 0.29) is 17.2 Å². The Bertz CT molecular complexity index is 981. The summed E-state index contributed by atoms with van der Waals surface area (Å²) in [6.07, 6.45) is 2.83. The van der Waals surface area contributed by atoms with Gasteiger partial charge in [-0.05, 0) is 68.0 Å². The average Bonchev–Trinajstić information content (AvgIpc) is 3.22. The molecule has 2 aromatic carbocycles. The Balaban J connectivity index is 1.31. The van der Waals surface area contributed by atoms with E-state index in [2.05, 4.69) is 11.8 Å². The number of benzene rings is 2. The third-order valence-electron chi connectivity index (χ3n) is 6.34. The summed E-state index contributed by atoms with van der Waals surface area (Å²) in [6.45, 7) is 5.48. The van der Waals surface area contributed by atoms with E-state index in [1.807, 2.05) is 71.3 Å². The highest BCUT2D eigenvalue weighted by atomic mass is 16.5. The van der Waals surface area contributed by atoms with Gasteiger partial charge in [0.25, 0.3) is 11.8 Å². The molecule has 0 saturated carbocycles. The fraction of sp³-hybridized carbons (Fsp3) is 0.385. The molecule has 2 heterocycles. The summed E-state index contributed by atoms with van der Waals surface area (Å²) in [5.41, 5.74) is 1.66. The number of rotatable bonds is 3. The minimum atomic E-state index is -0.103. The molecule has 31 heavy (non-hydrogen) atoms. The highest BCUT2D eigenvalue weighted by Crippen LogP contribution is 2.40. The van der Waals surface area contributed by atoms with Gasteiger partial charge in [0.15, 0.2) is 0 Å². The first-order valence-corrected chi connectivity index (χ1v) is 11.0. The van der Waals surface area contributed by atoms with Crippen LogP contribution in [-0.4, -0.2) is 54.4 Å². The second-order valence-corrected chi connectivity index (χ2v) is 8.34. The third kappa shape index (κ3) is 4.91. The molecule has 2 amide bonds. The Kier molecular flexibility index (Phi) is 6.27. The summed E-state index contributed by atoms with van der Waals surface area (Å²) in [5.74, 6) is 6.49. The number of carbonyl (C=O) groups excluding carboxylic acids is 2. The molecule has 2 aliphatic heterocycles. The van der Waals surface area contributed by atoms with Crippen molar-refractivity contribution in [1.29, 1.82) is 0 Å². The number of carbonyl (C=O) groups is 2. The van der Waals surface area contributed by atoms with Gasteiger partial charge in [0, 0.05) is 43.2 Å². The molecule has 0 N–H and O–H groups in total. The summed E-state index contributed by atoms with van der Waals surface area (Å²) >= 11 is 0. The smallest absolute Gasteiger partial charge is 0.298 e. The van der Waals surface area contributed by atoms with Crippen LogP contribution in [0.2, 0.25) is 0 Å². The molecule has 0 aromatic heterocycles. The number of ether oxygens (including phenoxy) is 1. The van der Waals surface area contributed by atoms with Gasteiger partial charge in [-0.3, -0.25) is 9.59 Å². The first kappa shape index (κ1) is 21.0. The lowest BCUT2D eigenvalue weighted by atomic mass is 9.77. The Morgan fingerprint density at radius 2 is 1.58 bits per heavy atom. The van der Waals surface area contributed by atoms with Crippen LogP contribution in [0.1, 0.15) is 42.1 Å². The van der Waals surface area contributed by atoms with Crippen molar-refractivity contribution in [3.8, 4) is 17.6 Å². The van der Waals surface area contributed by atoms with Crippen LogP contribution in [0.4, 0.5) is 0 Å². The molecule has 5 nitrogen and oxygen atoms in total. The Labute approximate surface area is 184 Å². The van der Waals surface area contributed by atoms with Gasteiger partial charge in [-0.15, -0.1) is 0 Å². The molecule has 2 saturated heterocycles. The molecule has 0 atom stereocenters. The quantitative estimate of drug-likeness (QED) is 0.719. The monoisotopic (exact) mass is 416 g/mol. The summed E-state index contributed by atoms with van der Waals surface area (Å²) in [4.78, 5) is 29.2.